The Balaban J connectivity index is 2.33. The van der Waals surface area contributed by atoms with Crippen LogP contribution in [0.1, 0.15) is 4.88 Å². The van der Waals surface area contributed by atoms with E-state index >= 15 is 0 Å². The summed E-state index contributed by atoms with van der Waals surface area (Å²) in [6.45, 7) is 1.66. The second-order valence-corrected chi connectivity index (χ2v) is 5.27. The van der Waals surface area contributed by atoms with Crippen molar-refractivity contribution in [1.29, 1.82) is 0 Å². The SMILES string of the molecule is CN(CN)CCc1ccc(Br)s1. The maximum atomic E-state index is 5.46. The van der Waals surface area contributed by atoms with Gasteiger partial charge in [-0.3, -0.25) is 4.90 Å². The second-order valence-electron chi connectivity index (χ2n) is 2.72. The summed E-state index contributed by atoms with van der Waals surface area (Å²) in [5.41, 5.74) is 5.46. The van der Waals surface area contributed by atoms with Crippen molar-refractivity contribution >= 4 is 27.3 Å². The first-order chi connectivity index (χ1) is 5.72. The molecule has 0 fully saturated rings. The van der Waals surface area contributed by atoms with E-state index in [1.165, 1.54) is 8.66 Å². The van der Waals surface area contributed by atoms with Crippen molar-refractivity contribution in [3.05, 3.63) is 20.8 Å². The molecule has 12 heavy (non-hydrogen) atoms. The molecule has 4 heteroatoms. The molecule has 68 valence electrons. The monoisotopic (exact) mass is 248 g/mol. The minimum Gasteiger partial charge on any atom is -0.318 e. The predicted octanol–water partition coefficient (Wildman–Crippen LogP) is 1.90. The van der Waals surface area contributed by atoms with Crippen LogP contribution in [-0.4, -0.2) is 25.2 Å². The number of hydrogen-bond acceptors (Lipinski definition) is 3. The van der Waals surface area contributed by atoms with Crippen LogP contribution in [0, 0.1) is 0 Å². The maximum absolute atomic E-state index is 5.46. The zero-order valence-electron chi connectivity index (χ0n) is 7.09. The molecular weight excluding hydrogens is 236 g/mol. The number of nitrogens with zero attached hydrogens (tertiary/aromatic N) is 1. The van der Waals surface area contributed by atoms with Gasteiger partial charge in [0.25, 0.3) is 0 Å². The first-order valence-corrected chi connectivity index (χ1v) is 5.46. The van der Waals surface area contributed by atoms with Crippen LogP contribution >= 0.6 is 27.3 Å². The normalized spacial score (nSPS) is 11.0. The molecule has 0 amide bonds. The number of halogens is 1. The van der Waals surface area contributed by atoms with E-state index in [0.717, 1.165) is 13.0 Å². The van der Waals surface area contributed by atoms with E-state index < -0.39 is 0 Å². The summed E-state index contributed by atoms with van der Waals surface area (Å²) in [5, 5.41) is 0. The average Bonchev–Trinajstić information content (AvgIpc) is 2.47. The molecule has 0 atom stereocenters. The molecule has 0 bridgehead atoms. The minimum atomic E-state index is 0.631. The maximum Gasteiger partial charge on any atom is 0.0701 e. The van der Waals surface area contributed by atoms with Crippen LogP contribution in [0.5, 0.6) is 0 Å². The van der Waals surface area contributed by atoms with Crippen LogP contribution in [0.15, 0.2) is 15.9 Å². The average molecular weight is 249 g/mol. The van der Waals surface area contributed by atoms with Crippen LogP contribution in [0.25, 0.3) is 0 Å². The Morgan fingerprint density at radius 2 is 2.33 bits per heavy atom. The lowest BCUT2D eigenvalue weighted by Gasteiger charge is -2.11. The molecule has 0 aliphatic carbocycles. The van der Waals surface area contributed by atoms with Gasteiger partial charge in [-0.1, -0.05) is 0 Å². The predicted molar refractivity (Wildman–Crippen MR) is 57.4 cm³/mol. The smallest absolute Gasteiger partial charge is 0.0701 e. The second kappa shape index (κ2) is 4.97. The molecule has 2 N–H and O–H groups in total. The fourth-order valence-corrected chi connectivity index (χ4v) is 2.35. The van der Waals surface area contributed by atoms with Gasteiger partial charge in [-0.2, -0.15) is 0 Å². The van der Waals surface area contributed by atoms with Crippen molar-refractivity contribution in [2.75, 3.05) is 20.3 Å². The standard InChI is InChI=1S/C8H13BrN2S/c1-11(6-10)5-4-7-2-3-8(9)12-7/h2-3H,4-6,10H2,1H3. The molecule has 0 saturated carbocycles. The first-order valence-electron chi connectivity index (χ1n) is 3.85. The molecule has 0 aliphatic heterocycles. The third kappa shape index (κ3) is 3.23. The van der Waals surface area contributed by atoms with Crippen LogP contribution < -0.4 is 5.73 Å². The summed E-state index contributed by atoms with van der Waals surface area (Å²) in [5.74, 6) is 0. The molecule has 1 heterocycles. The van der Waals surface area contributed by atoms with Gasteiger partial charge in [-0.05, 0) is 41.5 Å². The van der Waals surface area contributed by atoms with Crippen LogP contribution in [0.4, 0.5) is 0 Å². The summed E-state index contributed by atoms with van der Waals surface area (Å²) in [6.07, 6.45) is 1.09. The van der Waals surface area contributed by atoms with Gasteiger partial charge in [0.15, 0.2) is 0 Å². The Morgan fingerprint density at radius 3 is 2.83 bits per heavy atom. The Morgan fingerprint density at radius 1 is 1.58 bits per heavy atom. The van der Waals surface area contributed by atoms with Gasteiger partial charge in [0.05, 0.1) is 3.79 Å². The van der Waals surface area contributed by atoms with E-state index in [0.29, 0.717) is 6.67 Å². The molecule has 0 unspecified atom stereocenters. The quantitative estimate of drug-likeness (QED) is 0.826. The molecule has 0 saturated heterocycles. The number of likely N-dealkylation sites (N-methyl/N-ethyl adjacent to an activating group) is 1. The molecule has 1 aromatic heterocycles. The van der Waals surface area contributed by atoms with E-state index in [9.17, 15) is 0 Å². The number of thiophene rings is 1. The largest absolute Gasteiger partial charge is 0.318 e. The van der Waals surface area contributed by atoms with E-state index in [1.54, 1.807) is 11.3 Å². The highest BCUT2D eigenvalue weighted by molar-refractivity contribution is 9.11. The fourth-order valence-electron chi connectivity index (χ4n) is 0.878. The lowest BCUT2D eigenvalue weighted by atomic mass is 10.3. The highest BCUT2D eigenvalue weighted by Gasteiger charge is 1.99. The molecule has 0 radical (unpaired) electrons. The molecule has 1 aromatic rings. The summed E-state index contributed by atoms with van der Waals surface area (Å²) in [7, 11) is 2.03. The Kier molecular flexibility index (Phi) is 4.21. The van der Waals surface area contributed by atoms with Crippen LogP contribution in [0.2, 0.25) is 0 Å². The van der Waals surface area contributed by atoms with Crippen LogP contribution in [-0.2, 0) is 6.42 Å². The molecule has 0 aromatic carbocycles. The minimum absolute atomic E-state index is 0.631. The van der Waals surface area contributed by atoms with E-state index in [4.69, 9.17) is 5.73 Å². The van der Waals surface area contributed by atoms with Crippen molar-refractivity contribution in [2.24, 2.45) is 5.73 Å². The van der Waals surface area contributed by atoms with Gasteiger partial charge in [-0.25, -0.2) is 0 Å². The third-order valence-corrected chi connectivity index (χ3v) is 3.36. The highest BCUT2D eigenvalue weighted by atomic mass is 79.9. The van der Waals surface area contributed by atoms with Crippen molar-refractivity contribution < 1.29 is 0 Å². The van der Waals surface area contributed by atoms with E-state index in [1.807, 2.05) is 7.05 Å². The molecule has 2 nitrogen and oxygen atoms in total. The van der Waals surface area contributed by atoms with Crippen molar-refractivity contribution in [2.45, 2.75) is 6.42 Å². The van der Waals surface area contributed by atoms with Crippen LogP contribution in [0.3, 0.4) is 0 Å². The number of rotatable bonds is 4. The summed E-state index contributed by atoms with van der Waals surface area (Å²) < 4.78 is 1.20. The number of nitrogens with two attached hydrogens (primary N) is 1. The van der Waals surface area contributed by atoms with Gasteiger partial charge in [-0.15, -0.1) is 11.3 Å². The van der Waals surface area contributed by atoms with E-state index in [2.05, 4.69) is 33.0 Å². The summed E-state index contributed by atoms with van der Waals surface area (Å²) in [6, 6.07) is 4.24. The fraction of sp³-hybridized carbons (Fsp3) is 0.500. The number of hydrogen-bond donors (Lipinski definition) is 1. The Labute approximate surface area is 85.5 Å². The third-order valence-electron chi connectivity index (χ3n) is 1.68. The van der Waals surface area contributed by atoms with Crippen molar-refractivity contribution in [3.8, 4) is 0 Å². The lowest BCUT2D eigenvalue weighted by Crippen LogP contribution is -2.27. The summed E-state index contributed by atoms with van der Waals surface area (Å²) >= 11 is 5.23. The molecular formula is C8H13BrN2S. The topological polar surface area (TPSA) is 29.3 Å². The molecule has 0 spiro atoms. The Bertz CT molecular complexity index is 237. The molecule has 0 aliphatic rings. The van der Waals surface area contributed by atoms with Gasteiger partial charge < -0.3 is 5.73 Å². The van der Waals surface area contributed by atoms with Crippen molar-refractivity contribution in [1.82, 2.24) is 4.90 Å². The van der Waals surface area contributed by atoms with Crippen molar-refractivity contribution in [3.63, 3.8) is 0 Å². The van der Waals surface area contributed by atoms with Gasteiger partial charge in [0.1, 0.15) is 0 Å². The zero-order chi connectivity index (χ0) is 8.97. The summed E-state index contributed by atoms with van der Waals surface area (Å²) in [4.78, 5) is 3.51. The lowest BCUT2D eigenvalue weighted by molar-refractivity contribution is 0.350. The highest BCUT2D eigenvalue weighted by Crippen LogP contribution is 2.22. The Hall–Kier alpha value is 0.1000. The van der Waals surface area contributed by atoms with E-state index in [-0.39, 0.29) is 0 Å². The zero-order valence-corrected chi connectivity index (χ0v) is 9.49. The first kappa shape index (κ1) is 10.2. The van der Waals surface area contributed by atoms with Gasteiger partial charge >= 0.3 is 0 Å². The molecule has 1 rings (SSSR count). The van der Waals surface area contributed by atoms with Gasteiger partial charge in [0.2, 0.25) is 0 Å². The van der Waals surface area contributed by atoms with Gasteiger partial charge in [0, 0.05) is 18.1 Å².